The van der Waals surface area contributed by atoms with Gasteiger partial charge in [0, 0.05) is 11.7 Å². The molecule has 0 atom stereocenters. The summed E-state index contributed by atoms with van der Waals surface area (Å²) >= 11 is 1.46. The molecule has 1 fully saturated rings. The molecule has 1 heterocycles. The average Bonchev–Trinajstić information content (AvgIpc) is 2.82. The van der Waals surface area contributed by atoms with Crippen molar-refractivity contribution in [2.75, 3.05) is 5.32 Å². The van der Waals surface area contributed by atoms with Crippen molar-refractivity contribution in [3.8, 4) is 6.07 Å². The second kappa shape index (κ2) is 4.95. The number of thiazole rings is 1. The van der Waals surface area contributed by atoms with Crippen LogP contribution < -0.4 is 5.32 Å². The largest absolute Gasteiger partial charge is 0.382 e. The third-order valence-corrected chi connectivity index (χ3v) is 4.38. The number of nitriles is 1. The van der Waals surface area contributed by atoms with Crippen LogP contribution >= 0.6 is 11.3 Å². The molecule has 18 heavy (non-hydrogen) atoms. The normalized spacial score (nSPS) is 16.6. The molecule has 0 bridgehead atoms. The molecule has 0 radical (unpaired) electrons. The molecule has 0 spiro atoms. The maximum atomic E-state index is 8.85. The first kappa shape index (κ1) is 11.5. The van der Waals surface area contributed by atoms with Crippen LogP contribution in [0.2, 0.25) is 0 Å². The Morgan fingerprint density at radius 2 is 2.11 bits per heavy atom. The van der Waals surface area contributed by atoms with Crippen LogP contribution in [-0.4, -0.2) is 11.0 Å². The molecule has 1 aliphatic rings. The highest BCUT2D eigenvalue weighted by Crippen LogP contribution is 2.27. The summed E-state index contributed by atoms with van der Waals surface area (Å²) in [4.78, 5) is 4.25. The molecule has 3 rings (SSSR count). The van der Waals surface area contributed by atoms with E-state index in [1.165, 1.54) is 43.4 Å². The maximum absolute atomic E-state index is 8.85. The Balaban J connectivity index is 1.81. The number of rotatable bonds is 2. The van der Waals surface area contributed by atoms with E-state index in [2.05, 4.69) is 28.5 Å². The predicted octanol–water partition coefficient (Wildman–Crippen LogP) is 3.91. The SMILES string of the molecule is N#Cc1nc2ccc(NC3CCCCC3)cc2s1. The monoisotopic (exact) mass is 257 g/mol. The van der Waals surface area contributed by atoms with E-state index in [1.54, 1.807) is 0 Å². The van der Waals surface area contributed by atoms with Crippen LogP contribution in [0.25, 0.3) is 10.2 Å². The molecule has 1 saturated carbocycles. The molecule has 1 aromatic heterocycles. The molecule has 0 amide bonds. The number of benzene rings is 1. The molecule has 3 nitrogen and oxygen atoms in total. The van der Waals surface area contributed by atoms with E-state index < -0.39 is 0 Å². The molecule has 1 N–H and O–H groups in total. The standard InChI is InChI=1S/C14H15N3S/c15-9-14-17-12-7-6-11(8-13(12)18-14)16-10-4-2-1-3-5-10/h6-8,10,16H,1-5H2. The summed E-state index contributed by atoms with van der Waals surface area (Å²) < 4.78 is 1.09. The summed E-state index contributed by atoms with van der Waals surface area (Å²) in [5.74, 6) is 0. The minimum atomic E-state index is 0.541. The first-order valence-corrected chi connectivity index (χ1v) is 7.24. The first-order chi connectivity index (χ1) is 8.85. The number of aromatic nitrogens is 1. The molecular weight excluding hydrogens is 242 g/mol. The zero-order chi connectivity index (χ0) is 12.4. The molecule has 4 heteroatoms. The Labute approximate surface area is 110 Å². The Morgan fingerprint density at radius 1 is 1.28 bits per heavy atom. The number of nitrogens with zero attached hydrogens (tertiary/aromatic N) is 2. The lowest BCUT2D eigenvalue weighted by Gasteiger charge is -2.23. The van der Waals surface area contributed by atoms with Gasteiger partial charge in [-0.05, 0) is 31.0 Å². The number of nitrogens with one attached hydrogen (secondary N) is 1. The van der Waals surface area contributed by atoms with E-state index in [0.717, 1.165) is 15.9 Å². The van der Waals surface area contributed by atoms with E-state index >= 15 is 0 Å². The summed E-state index contributed by atoms with van der Waals surface area (Å²) in [6.07, 6.45) is 6.57. The van der Waals surface area contributed by atoms with Crippen LogP contribution in [0.4, 0.5) is 5.69 Å². The van der Waals surface area contributed by atoms with Gasteiger partial charge in [-0.1, -0.05) is 19.3 Å². The van der Waals surface area contributed by atoms with Crippen LogP contribution in [0.5, 0.6) is 0 Å². The lowest BCUT2D eigenvalue weighted by molar-refractivity contribution is 0.463. The molecule has 2 aromatic rings. The van der Waals surface area contributed by atoms with Gasteiger partial charge in [-0.25, -0.2) is 4.98 Å². The Hall–Kier alpha value is -1.60. The topological polar surface area (TPSA) is 48.7 Å². The molecule has 0 aliphatic heterocycles. The van der Waals surface area contributed by atoms with Gasteiger partial charge in [0.25, 0.3) is 0 Å². The van der Waals surface area contributed by atoms with Crippen LogP contribution in [0.3, 0.4) is 0 Å². The van der Waals surface area contributed by atoms with Crippen molar-refractivity contribution in [1.82, 2.24) is 4.98 Å². The number of anilines is 1. The van der Waals surface area contributed by atoms with Crippen molar-refractivity contribution < 1.29 is 0 Å². The minimum Gasteiger partial charge on any atom is -0.382 e. The molecule has 1 aromatic carbocycles. The smallest absolute Gasteiger partial charge is 0.195 e. The molecular formula is C14H15N3S. The Morgan fingerprint density at radius 3 is 2.89 bits per heavy atom. The van der Waals surface area contributed by atoms with Gasteiger partial charge in [0.15, 0.2) is 5.01 Å². The van der Waals surface area contributed by atoms with Crippen molar-refractivity contribution in [3.05, 3.63) is 23.2 Å². The van der Waals surface area contributed by atoms with Crippen molar-refractivity contribution in [1.29, 1.82) is 5.26 Å². The van der Waals surface area contributed by atoms with Gasteiger partial charge >= 0.3 is 0 Å². The van der Waals surface area contributed by atoms with Crippen LogP contribution in [0.15, 0.2) is 18.2 Å². The van der Waals surface area contributed by atoms with Crippen molar-refractivity contribution in [3.63, 3.8) is 0 Å². The highest BCUT2D eigenvalue weighted by atomic mass is 32.1. The zero-order valence-corrected chi connectivity index (χ0v) is 11.0. The molecule has 0 saturated heterocycles. The minimum absolute atomic E-state index is 0.541. The quantitative estimate of drug-likeness (QED) is 0.887. The van der Waals surface area contributed by atoms with Crippen LogP contribution in [0, 0.1) is 11.3 Å². The highest BCUT2D eigenvalue weighted by Gasteiger charge is 2.13. The van der Waals surface area contributed by atoms with E-state index in [4.69, 9.17) is 5.26 Å². The summed E-state index contributed by atoms with van der Waals surface area (Å²) in [6, 6.07) is 8.89. The van der Waals surface area contributed by atoms with Gasteiger partial charge < -0.3 is 5.32 Å². The van der Waals surface area contributed by atoms with Gasteiger partial charge in [-0.2, -0.15) is 5.26 Å². The molecule has 0 unspecified atom stereocenters. The summed E-state index contributed by atoms with van der Waals surface area (Å²) in [5, 5.41) is 13.0. The third-order valence-electron chi connectivity index (χ3n) is 3.46. The second-order valence-electron chi connectivity index (χ2n) is 4.79. The van der Waals surface area contributed by atoms with Gasteiger partial charge in [-0.3, -0.25) is 0 Å². The van der Waals surface area contributed by atoms with Gasteiger partial charge in [0.05, 0.1) is 10.2 Å². The second-order valence-corrected chi connectivity index (χ2v) is 5.82. The molecule has 1 aliphatic carbocycles. The number of hydrogen-bond acceptors (Lipinski definition) is 4. The van der Waals surface area contributed by atoms with Crippen molar-refractivity contribution >= 4 is 27.2 Å². The van der Waals surface area contributed by atoms with Crippen LogP contribution in [0.1, 0.15) is 37.1 Å². The fraction of sp³-hybridized carbons (Fsp3) is 0.429. The summed E-state index contributed by atoms with van der Waals surface area (Å²) in [5.41, 5.74) is 2.08. The highest BCUT2D eigenvalue weighted by molar-refractivity contribution is 7.19. The van der Waals surface area contributed by atoms with E-state index in [0.29, 0.717) is 11.0 Å². The van der Waals surface area contributed by atoms with Crippen molar-refractivity contribution in [2.45, 2.75) is 38.1 Å². The van der Waals surface area contributed by atoms with Gasteiger partial charge in [0.1, 0.15) is 6.07 Å². The predicted molar refractivity (Wildman–Crippen MR) is 74.8 cm³/mol. The van der Waals surface area contributed by atoms with Gasteiger partial charge in [0.2, 0.25) is 0 Å². The van der Waals surface area contributed by atoms with E-state index in [9.17, 15) is 0 Å². The number of hydrogen-bond donors (Lipinski definition) is 1. The zero-order valence-electron chi connectivity index (χ0n) is 10.1. The van der Waals surface area contributed by atoms with Crippen LogP contribution in [-0.2, 0) is 0 Å². The molecule has 92 valence electrons. The fourth-order valence-corrected chi connectivity index (χ4v) is 3.35. The third kappa shape index (κ3) is 2.32. The summed E-state index contributed by atoms with van der Waals surface area (Å²) in [6.45, 7) is 0. The van der Waals surface area contributed by atoms with Crippen molar-refractivity contribution in [2.24, 2.45) is 0 Å². The lowest BCUT2D eigenvalue weighted by atomic mass is 9.95. The number of fused-ring (bicyclic) bond motifs is 1. The lowest BCUT2D eigenvalue weighted by Crippen LogP contribution is -2.21. The Kier molecular flexibility index (Phi) is 3.16. The van der Waals surface area contributed by atoms with E-state index in [1.807, 2.05) is 6.07 Å². The Bertz CT molecular complexity index is 591. The van der Waals surface area contributed by atoms with E-state index in [-0.39, 0.29) is 0 Å². The summed E-state index contributed by atoms with van der Waals surface area (Å²) in [7, 11) is 0. The average molecular weight is 257 g/mol. The fourth-order valence-electron chi connectivity index (χ4n) is 2.54. The first-order valence-electron chi connectivity index (χ1n) is 6.42. The van der Waals surface area contributed by atoms with Gasteiger partial charge in [-0.15, -0.1) is 11.3 Å². The maximum Gasteiger partial charge on any atom is 0.195 e.